The lowest BCUT2D eigenvalue weighted by Gasteiger charge is -2.25. The average Bonchev–Trinajstić information content (AvgIpc) is 2.91. The largest absolute Gasteiger partial charge is 0.453 e. The number of carbonyl (C=O) groups excluding carboxylic acids is 1. The monoisotopic (exact) mass is 337 g/mol. The van der Waals surface area contributed by atoms with Gasteiger partial charge in [0, 0.05) is 36.0 Å². The molecule has 116 valence electrons. The molecule has 1 aromatic heterocycles. The first-order valence-corrected chi connectivity index (χ1v) is 8.14. The summed E-state index contributed by atoms with van der Waals surface area (Å²) < 4.78 is 4.59. The van der Waals surface area contributed by atoms with Crippen LogP contribution in [-0.2, 0) is 24.2 Å². The van der Waals surface area contributed by atoms with E-state index in [9.17, 15) is 4.79 Å². The van der Waals surface area contributed by atoms with Crippen molar-refractivity contribution in [2.45, 2.75) is 19.5 Å². The second kappa shape index (κ2) is 6.64. The SMILES string of the molecule is COC(=O)Nc1nc2c(s1)CN(Cc1ccc(Cl)cc1)CC2. The topological polar surface area (TPSA) is 54.5 Å². The van der Waals surface area contributed by atoms with E-state index < -0.39 is 6.09 Å². The Labute approximate surface area is 137 Å². The van der Waals surface area contributed by atoms with Crippen molar-refractivity contribution in [3.8, 4) is 0 Å². The molecule has 0 unspecified atom stereocenters. The zero-order valence-electron chi connectivity index (χ0n) is 12.1. The maximum atomic E-state index is 11.2. The zero-order chi connectivity index (χ0) is 15.5. The summed E-state index contributed by atoms with van der Waals surface area (Å²) in [5.74, 6) is 0. The van der Waals surface area contributed by atoms with Crippen molar-refractivity contribution in [2.75, 3.05) is 19.0 Å². The summed E-state index contributed by atoms with van der Waals surface area (Å²) >= 11 is 7.42. The van der Waals surface area contributed by atoms with Gasteiger partial charge in [0.05, 0.1) is 12.8 Å². The van der Waals surface area contributed by atoms with Gasteiger partial charge in [-0.15, -0.1) is 0 Å². The maximum Gasteiger partial charge on any atom is 0.413 e. The summed E-state index contributed by atoms with van der Waals surface area (Å²) in [4.78, 5) is 19.3. The molecule has 7 heteroatoms. The summed E-state index contributed by atoms with van der Waals surface area (Å²) in [6, 6.07) is 7.93. The number of ether oxygens (including phenoxy) is 1. The van der Waals surface area contributed by atoms with Gasteiger partial charge in [0.15, 0.2) is 5.13 Å². The molecule has 5 nitrogen and oxygen atoms in total. The van der Waals surface area contributed by atoms with Crippen LogP contribution in [0.5, 0.6) is 0 Å². The number of thiazole rings is 1. The third-order valence-electron chi connectivity index (χ3n) is 3.52. The number of hydrogen-bond donors (Lipinski definition) is 1. The van der Waals surface area contributed by atoms with E-state index in [1.807, 2.05) is 12.1 Å². The lowest BCUT2D eigenvalue weighted by atomic mass is 10.1. The van der Waals surface area contributed by atoms with E-state index >= 15 is 0 Å². The number of hydrogen-bond acceptors (Lipinski definition) is 5. The number of amides is 1. The van der Waals surface area contributed by atoms with Crippen molar-refractivity contribution in [1.29, 1.82) is 0 Å². The first kappa shape index (κ1) is 15.3. The Morgan fingerprint density at radius 3 is 2.95 bits per heavy atom. The Morgan fingerprint density at radius 2 is 2.23 bits per heavy atom. The Morgan fingerprint density at radius 1 is 1.45 bits per heavy atom. The van der Waals surface area contributed by atoms with Crippen molar-refractivity contribution < 1.29 is 9.53 Å². The van der Waals surface area contributed by atoms with Crippen LogP contribution in [0.2, 0.25) is 5.02 Å². The standard InChI is InChI=1S/C15H16ClN3O2S/c1-21-15(20)18-14-17-12-6-7-19(9-13(12)22-14)8-10-2-4-11(16)5-3-10/h2-5H,6-9H2,1H3,(H,17,18,20). The van der Waals surface area contributed by atoms with Crippen LogP contribution >= 0.6 is 22.9 Å². The van der Waals surface area contributed by atoms with Gasteiger partial charge in [0.2, 0.25) is 0 Å². The zero-order valence-corrected chi connectivity index (χ0v) is 13.7. The van der Waals surface area contributed by atoms with Crippen molar-refractivity contribution in [3.63, 3.8) is 0 Å². The maximum absolute atomic E-state index is 11.2. The number of methoxy groups -OCH3 is 1. The Balaban J connectivity index is 1.65. The normalized spacial score (nSPS) is 14.5. The highest BCUT2D eigenvalue weighted by Crippen LogP contribution is 2.29. The average molecular weight is 338 g/mol. The fourth-order valence-electron chi connectivity index (χ4n) is 2.42. The number of fused-ring (bicyclic) bond motifs is 1. The lowest BCUT2D eigenvalue weighted by molar-refractivity contribution is 0.187. The smallest absolute Gasteiger partial charge is 0.413 e. The number of nitrogens with one attached hydrogen (secondary N) is 1. The Kier molecular flexibility index (Phi) is 4.61. The minimum Gasteiger partial charge on any atom is -0.453 e. The van der Waals surface area contributed by atoms with E-state index in [0.29, 0.717) is 5.13 Å². The first-order valence-electron chi connectivity index (χ1n) is 6.94. The van der Waals surface area contributed by atoms with Crippen molar-refractivity contribution in [2.24, 2.45) is 0 Å². The summed E-state index contributed by atoms with van der Waals surface area (Å²) in [5, 5.41) is 3.99. The van der Waals surface area contributed by atoms with Crippen LogP contribution in [0.4, 0.5) is 9.93 Å². The van der Waals surface area contributed by atoms with Gasteiger partial charge >= 0.3 is 6.09 Å². The highest BCUT2D eigenvalue weighted by Gasteiger charge is 2.21. The number of halogens is 1. The minimum absolute atomic E-state index is 0.482. The predicted molar refractivity (Wildman–Crippen MR) is 87.4 cm³/mol. The molecule has 0 fully saturated rings. The molecule has 2 heterocycles. The minimum atomic E-state index is -0.482. The highest BCUT2D eigenvalue weighted by molar-refractivity contribution is 7.15. The van der Waals surface area contributed by atoms with Crippen molar-refractivity contribution in [1.82, 2.24) is 9.88 Å². The van der Waals surface area contributed by atoms with Gasteiger partial charge in [-0.3, -0.25) is 10.2 Å². The third-order valence-corrected chi connectivity index (χ3v) is 4.77. The number of aromatic nitrogens is 1. The van der Waals surface area contributed by atoms with Gasteiger partial charge in [0.25, 0.3) is 0 Å². The van der Waals surface area contributed by atoms with Crippen molar-refractivity contribution in [3.05, 3.63) is 45.4 Å². The molecular weight excluding hydrogens is 322 g/mol. The Bertz CT molecular complexity index is 672. The fraction of sp³-hybridized carbons (Fsp3) is 0.333. The molecule has 0 atom stereocenters. The van der Waals surface area contributed by atoms with Crippen LogP contribution in [-0.4, -0.2) is 29.6 Å². The van der Waals surface area contributed by atoms with Crippen molar-refractivity contribution >= 4 is 34.2 Å². The number of anilines is 1. The molecule has 1 aromatic carbocycles. The number of nitrogens with zero attached hydrogens (tertiary/aromatic N) is 2. The van der Waals surface area contributed by atoms with Crippen LogP contribution in [0.25, 0.3) is 0 Å². The van der Waals surface area contributed by atoms with E-state index in [4.69, 9.17) is 11.6 Å². The fourth-order valence-corrected chi connectivity index (χ4v) is 3.59. The molecular formula is C15H16ClN3O2S. The van der Waals surface area contributed by atoms with Crippen LogP contribution in [0.1, 0.15) is 16.1 Å². The van der Waals surface area contributed by atoms with Gasteiger partial charge in [-0.05, 0) is 17.7 Å². The highest BCUT2D eigenvalue weighted by atomic mass is 35.5. The molecule has 1 N–H and O–H groups in total. The molecule has 0 saturated carbocycles. The molecule has 0 radical (unpaired) electrons. The van der Waals surface area contributed by atoms with E-state index in [0.717, 1.165) is 36.8 Å². The molecule has 1 amide bonds. The van der Waals surface area contributed by atoms with Gasteiger partial charge < -0.3 is 4.74 Å². The molecule has 0 spiro atoms. The van der Waals surface area contributed by atoms with Crippen LogP contribution < -0.4 is 5.32 Å². The molecule has 1 aliphatic heterocycles. The van der Waals surface area contributed by atoms with E-state index in [-0.39, 0.29) is 0 Å². The summed E-state index contributed by atoms with van der Waals surface area (Å²) in [6.07, 6.45) is 0.409. The van der Waals surface area contributed by atoms with Gasteiger partial charge in [-0.2, -0.15) is 0 Å². The van der Waals surface area contributed by atoms with Gasteiger partial charge in [-0.25, -0.2) is 9.78 Å². The van der Waals surface area contributed by atoms with Crippen LogP contribution in [0, 0.1) is 0 Å². The number of benzene rings is 1. The Hall–Kier alpha value is -1.63. The summed E-state index contributed by atoms with van der Waals surface area (Å²) in [7, 11) is 1.34. The van der Waals surface area contributed by atoms with E-state index in [1.165, 1.54) is 28.9 Å². The summed E-state index contributed by atoms with van der Waals surface area (Å²) in [5.41, 5.74) is 2.31. The number of rotatable bonds is 3. The molecule has 2 aromatic rings. The van der Waals surface area contributed by atoms with E-state index in [1.54, 1.807) is 0 Å². The second-order valence-corrected chi connectivity index (χ2v) is 6.61. The van der Waals surface area contributed by atoms with Crippen LogP contribution in [0.3, 0.4) is 0 Å². The van der Waals surface area contributed by atoms with Gasteiger partial charge in [0.1, 0.15) is 0 Å². The predicted octanol–water partition coefficient (Wildman–Crippen LogP) is 3.53. The van der Waals surface area contributed by atoms with E-state index in [2.05, 4.69) is 32.1 Å². The molecule has 3 rings (SSSR count). The molecule has 0 bridgehead atoms. The number of carbonyl (C=O) groups is 1. The second-order valence-electron chi connectivity index (χ2n) is 5.09. The summed E-state index contributed by atoms with van der Waals surface area (Å²) in [6.45, 7) is 2.68. The molecule has 0 saturated heterocycles. The molecule has 22 heavy (non-hydrogen) atoms. The van der Waals surface area contributed by atoms with Gasteiger partial charge in [-0.1, -0.05) is 35.1 Å². The quantitative estimate of drug-likeness (QED) is 0.930. The molecule has 0 aliphatic carbocycles. The molecule has 1 aliphatic rings. The third kappa shape index (κ3) is 3.58. The van der Waals surface area contributed by atoms with Crippen LogP contribution in [0.15, 0.2) is 24.3 Å². The lowest BCUT2D eigenvalue weighted by Crippen LogP contribution is -2.29. The first-order chi connectivity index (χ1) is 10.6.